The summed E-state index contributed by atoms with van der Waals surface area (Å²) in [6, 6.07) is 8.93. The molecule has 0 radical (unpaired) electrons. The summed E-state index contributed by atoms with van der Waals surface area (Å²) in [5.74, 6) is 1.86. The van der Waals surface area contributed by atoms with Gasteiger partial charge < -0.3 is 19.4 Å². The van der Waals surface area contributed by atoms with Crippen LogP contribution in [0, 0.1) is 12.7 Å². The zero-order valence-electron chi connectivity index (χ0n) is 18.5. The van der Waals surface area contributed by atoms with Crippen molar-refractivity contribution in [1.82, 2.24) is 14.5 Å². The second kappa shape index (κ2) is 9.99. The van der Waals surface area contributed by atoms with Crippen molar-refractivity contribution in [3.05, 3.63) is 53.6 Å². The fourth-order valence-electron chi connectivity index (χ4n) is 3.64. The van der Waals surface area contributed by atoms with Crippen molar-refractivity contribution in [2.75, 3.05) is 25.6 Å². The van der Waals surface area contributed by atoms with E-state index >= 15 is 0 Å². The van der Waals surface area contributed by atoms with Crippen molar-refractivity contribution in [3.63, 3.8) is 0 Å². The number of aryl methyl sites for hydroxylation is 1. The highest BCUT2D eigenvalue weighted by atomic mass is 32.1. The number of thiophene rings is 1. The van der Waals surface area contributed by atoms with Gasteiger partial charge in [0.25, 0.3) is 0 Å². The Hall–Kier alpha value is -3.13. The standard InChI is InChI=1S/C24H27FN4O2S/c1-4-5-8-31-18-12-23(32-14-18)20-13-24(28-15-27-20)26-6-7-29-16(2)9-19-21(29)10-17(25)11-22(19)30-3/h9-15H,4-8H2,1-3H3,(H,26,27,28). The molecule has 0 atom stereocenters. The van der Waals surface area contributed by atoms with Crippen LogP contribution in [0.25, 0.3) is 21.5 Å². The molecule has 32 heavy (non-hydrogen) atoms. The fourth-order valence-corrected chi connectivity index (χ4v) is 4.43. The third-order valence-electron chi connectivity index (χ3n) is 5.28. The monoisotopic (exact) mass is 454 g/mol. The van der Waals surface area contributed by atoms with Crippen molar-refractivity contribution < 1.29 is 13.9 Å². The van der Waals surface area contributed by atoms with Gasteiger partial charge in [0.05, 0.1) is 29.8 Å². The number of nitrogens with zero attached hydrogens (tertiary/aromatic N) is 3. The molecule has 8 heteroatoms. The van der Waals surface area contributed by atoms with Crippen LogP contribution in [0.15, 0.2) is 42.0 Å². The molecule has 1 N–H and O–H groups in total. The minimum Gasteiger partial charge on any atom is -0.496 e. The topological polar surface area (TPSA) is 61.2 Å². The first-order valence-corrected chi connectivity index (χ1v) is 11.6. The molecule has 3 heterocycles. The van der Waals surface area contributed by atoms with Crippen molar-refractivity contribution in [1.29, 1.82) is 0 Å². The molecule has 0 bridgehead atoms. The number of fused-ring (bicyclic) bond motifs is 1. The van der Waals surface area contributed by atoms with Gasteiger partial charge >= 0.3 is 0 Å². The molecule has 0 fully saturated rings. The molecular weight excluding hydrogens is 427 g/mol. The van der Waals surface area contributed by atoms with E-state index in [1.165, 1.54) is 6.07 Å². The van der Waals surface area contributed by atoms with E-state index in [2.05, 4.69) is 26.8 Å². The highest BCUT2D eigenvalue weighted by Gasteiger charge is 2.12. The number of aromatic nitrogens is 3. The maximum Gasteiger partial charge on any atom is 0.131 e. The summed E-state index contributed by atoms with van der Waals surface area (Å²) in [6.07, 6.45) is 3.71. The second-order valence-corrected chi connectivity index (χ2v) is 8.45. The third kappa shape index (κ3) is 4.85. The Labute approximate surface area is 191 Å². The molecule has 3 aromatic heterocycles. The van der Waals surface area contributed by atoms with Crippen LogP contribution in [0.3, 0.4) is 0 Å². The molecule has 0 saturated heterocycles. The summed E-state index contributed by atoms with van der Waals surface area (Å²) >= 11 is 1.60. The largest absolute Gasteiger partial charge is 0.496 e. The number of methoxy groups -OCH3 is 1. The van der Waals surface area contributed by atoms with Gasteiger partial charge in [0.2, 0.25) is 0 Å². The number of nitrogens with one attached hydrogen (secondary N) is 1. The summed E-state index contributed by atoms with van der Waals surface area (Å²) < 4.78 is 27.2. The summed E-state index contributed by atoms with van der Waals surface area (Å²) in [4.78, 5) is 9.78. The van der Waals surface area contributed by atoms with E-state index < -0.39 is 0 Å². The first-order chi connectivity index (χ1) is 15.6. The van der Waals surface area contributed by atoms with E-state index in [-0.39, 0.29) is 5.82 Å². The lowest BCUT2D eigenvalue weighted by molar-refractivity contribution is 0.311. The van der Waals surface area contributed by atoms with E-state index in [0.717, 1.165) is 58.2 Å². The van der Waals surface area contributed by atoms with Crippen LogP contribution < -0.4 is 14.8 Å². The molecule has 0 aliphatic rings. The highest BCUT2D eigenvalue weighted by molar-refractivity contribution is 7.13. The lowest BCUT2D eigenvalue weighted by Crippen LogP contribution is -2.12. The zero-order valence-corrected chi connectivity index (χ0v) is 19.3. The average Bonchev–Trinajstić information content (AvgIpc) is 3.38. The Kier molecular flexibility index (Phi) is 6.90. The molecular formula is C24H27FN4O2S. The Balaban J connectivity index is 1.43. The first kappa shape index (κ1) is 22.1. The minimum atomic E-state index is -0.309. The molecule has 0 aliphatic heterocycles. The second-order valence-electron chi connectivity index (χ2n) is 7.54. The zero-order chi connectivity index (χ0) is 22.5. The van der Waals surface area contributed by atoms with E-state index in [0.29, 0.717) is 18.8 Å². The number of hydrogen-bond donors (Lipinski definition) is 1. The van der Waals surface area contributed by atoms with Crippen LogP contribution in [-0.4, -0.2) is 34.8 Å². The smallest absolute Gasteiger partial charge is 0.131 e. The summed E-state index contributed by atoms with van der Waals surface area (Å²) in [6.45, 7) is 6.18. The molecule has 4 rings (SSSR count). The molecule has 6 nitrogen and oxygen atoms in total. The number of rotatable bonds is 10. The minimum absolute atomic E-state index is 0.309. The third-order valence-corrected chi connectivity index (χ3v) is 6.21. The molecule has 1 aromatic carbocycles. The van der Waals surface area contributed by atoms with Gasteiger partial charge in [0.15, 0.2) is 0 Å². The van der Waals surface area contributed by atoms with Gasteiger partial charge in [-0.25, -0.2) is 14.4 Å². The molecule has 0 aliphatic carbocycles. The molecule has 0 spiro atoms. The van der Waals surface area contributed by atoms with Crippen LogP contribution in [0.1, 0.15) is 25.5 Å². The van der Waals surface area contributed by atoms with Crippen molar-refractivity contribution in [2.24, 2.45) is 0 Å². The number of anilines is 1. The lowest BCUT2D eigenvalue weighted by atomic mass is 10.2. The van der Waals surface area contributed by atoms with Crippen molar-refractivity contribution in [2.45, 2.75) is 33.2 Å². The van der Waals surface area contributed by atoms with E-state index in [1.807, 2.05) is 30.5 Å². The average molecular weight is 455 g/mol. The molecule has 168 valence electrons. The van der Waals surface area contributed by atoms with Crippen molar-refractivity contribution >= 4 is 28.1 Å². The van der Waals surface area contributed by atoms with Crippen LogP contribution in [0.2, 0.25) is 0 Å². The van der Waals surface area contributed by atoms with Gasteiger partial charge in [-0.1, -0.05) is 13.3 Å². The predicted octanol–water partition coefficient (Wildman–Crippen LogP) is 5.91. The van der Waals surface area contributed by atoms with E-state index in [9.17, 15) is 4.39 Å². The van der Waals surface area contributed by atoms with E-state index in [1.54, 1.807) is 30.8 Å². The summed E-state index contributed by atoms with van der Waals surface area (Å²) in [7, 11) is 1.56. The number of benzene rings is 1. The van der Waals surface area contributed by atoms with Gasteiger partial charge in [0, 0.05) is 47.7 Å². The quantitative estimate of drug-likeness (QED) is 0.302. The summed E-state index contributed by atoms with van der Waals surface area (Å²) in [5.41, 5.74) is 2.72. The lowest BCUT2D eigenvalue weighted by Gasteiger charge is -2.11. The maximum absolute atomic E-state index is 14.0. The molecule has 4 aromatic rings. The molecule has 0 saturated carbocycles. The Morgan fingerprint density at radius 1 is 1.16 bits per heavy atom. The van der Waals surface area contributed by atoms with Gasteiger partial charge in [-0.15, -0.1) is 11.3 Å². The number of unbranched alkanes of at least 4 members (excludes halogenated alkanes) is 1. The van der Waals surface area contributed by atoms with Gasteiger partial charge in [-0.05, 0) is 25.5 Å². The first-order valence-electron chi connectivity index (χ1n) is 10.7. The predicted molar refractivity (Wildman–Crippen MR) is 127 cm³/mol. The Bertz CT molecular complexity index is 1200. The van der Waals surface area contributed by atoms with Crippen LogP contribution >= 0.6 is 11.3 Å². The molecule has 0 amide bonds. The van der Waals surface area contributed by atoms with Gasteiger partial charge in [-0.2, -0.15) is 0 Å². The number of ether oxygens (including phenoxy) is 2. The highest BCUT2D eigenvalue weighted by Crippen LogP contribution is 2.31. The van der Waals surface area contributed by atoms with Crippen LogP contribution in [0.4, 0.5) is 10.2 Å². The number of halogens is 1. The Morgan fingerprint density at radius 2 is 2.03 bits per heavy atom. The van der Waals surface area contributed by atoms with Crippen LogP contribution in [0.5, 0.6) is 11.5 Å². The number of hydrogen-bond acceptors (Lipinski definition) is 6. The van der Waals surface area contributed by atoms with E-state index in [4.69, 9.17) is 9.47 Å². The normalized spacial score (nSPS) is 11.1. The van der Waals surface area contributed by atoms with Crippen molar-refractivity contribution in [3.8, 4) is 22.1 Å². The maximum atomic E-state index is 14.0. The Morgan fingerprint density at radius 3 is 2.84 bits per heavy atom. The summed E-state index contributed by atoms with van der Waals surface area (Å²) in [5, 5.41) is 6.27. The SMILES string of the molecule is CCCCOc1csc(-c2cc(NCCn3c(C)cc4c(OC)cc(F)cc43)ncn2)c1. The van der Waals surface area contributed by atoms with Crippen LogP contribution in [-0.2, 0) is 6.54 Å². The molecule has 0 unspecified atom stereocenters. The van der Waals surface area contributed by atoms with Gasteiger partial charge in [-0.3, -0.25) is 0 Å². The fraction of sp³-hybridized carbons (Fsp3) is 0.333. The van der Waals surface area contributed by atoms with Gasteiger partial charge in [0.1, 0.15) is 29.5 Å².